The number of nitrogens with zero attached hydrogens (tertiary/aromatic N) is 1. The van der Waals surface area contributed by atoms with Crippen LogP contribution in [0.5, 0.6) is 0 Å². The van der Waals surface area contributed by atoms with E-state index in [4.69, 9.17) is 0 Å². The van der Waals surface area contributed by atoms with Crippen molar-refractivity contribution in [3.05, 3.63) is 29.6 Å². The molecule has 0 saturated carbocycles. The van der Waals surface area contributed by atoms with Gasteiger partial charge in [-0.05, 0) is 30.5 Å². The SMILES string of the molecule is Cc1ccncc1CCC(=O)C(C)(C)C. The molecule has 0 atom stereocenters. The van der Waals surface area contributed by atoms with Gasteiger partial charge in [0.2, 0.25) is 0 Å². The number of hydrogen-bond donors (Lipinski definition) is 0. The summed E-state index contributed by atoms with van der Waals surface area (Å²) in [5.41, 5.74) is 2.16. The van der Waals surface area contributed by atoms with E-state index >= 15 is 0 Å². The molecule has 0 aliphatic carbocycles. The van der Waals surface area contributed by atoms with Crippen LogP contribution < -0.4 is 0 Å². The van der Waals surface area contributed by atoms with Gasteiger partial charge in [-0.15, -0.1) is 0 Å². The molecule has 0 amide bonds. The van der Waals surface area contributed by atoms with E-state index in [1.165, 1.54) is 11.1 Å². The van der Waals surface area contributed by atoms with Crippen LogP contribution in [0.3, 0.4) is 0 Å². The lowest BCUT2D eigenvalue weighted by molar-refractivity contribution is -0.126. The number of Topliss-reactive ketones (excluding diaryl/α,β-unsaturated/α-hetero) is 1. The second-order valence-corrected chi connectivity index (χ2v) is 4.98. The van der Waals surface area contributed by atoms with Gasteiger partial charge in [0.1, 0.15) is 5.78 Å². The van der Waals surface area contributed by atoms with E-state index in [0.29, 0.717) is 12.2 Å². The number of ketones is 1. The maximum Gasteiger partial charge on any atom is 0.138 e. The summed E-state index contributed by atoms with van der Waals surface area (Å²) in [5.74, 6) is 0.311. The first kappa shape index (κ1) is 11.9. The Morgan fingerprint density at radius 2 is 2.07 bits per heavy atom. The Labute approximate surface area is 91.7 Å². The number of rotatable bonds is 3. The molecule has 0 saturated heterocycles. The minimum Gasteiger partial charge on any atom is -0.299 e. The summed E-state index contributed by atoms with van der Waals surface area (Å²) in [6.45, 7) is 7.95. The van der Waals surface area contributed by atoms with Crippen LogP contribution in [0.2, 0.25) is 0 Å². The van der Waals surface area contributed by atoms with E-state index in [0.717, 1.165) is 6.42 Å². The van der Waals surface area contributed by atoms with Crippen molar-refractivity contribution >= 4 is 5.78 Å². The van der Waals surface area contributed by atoms with Crippen LogP contribution in [-0.4, -0.2) is 10.8 Å². The Kier molecular flexibility index (Phi) is 3.61. The van der Waals surface area contributed by atoms with Crippen LogP contribution in [0.15, 0.2) is 18.5 Å². The molecule has 2 heteroatoms. The summed E-state index contributed by atoms with van der Waals surface area (Å²) >= 11 is 0. The summed E-state index contributed by atoms with van der Waals surface area (Å²) in [4.78, 5) is 15.8. The predicted molar refractivity (Wildman–Crippen MR) is 61.8 cm³/mol. The Balaban J connectivity index is 2.59. The van der Waals surface area contributed by atoms with Crippen LogP contribution in [0.4, 0.5) is 0 Å². The van der Waals surface area contributed by atoms with Crippen molar-refractivity contribution in [1.29, 1.82) is 0 Å². The van der Waals surface area contributed by atoms with Gasteiger partial charge >= 0.3 is 0 Å². The van der Waals surface area contributed by atoms with Gasteiger partial charge in [-0.3, -0.25) is 9.78 Å². The van der Waals surface area contributed by atoms with Gasteiger partial charge in [-0.2, -0.15) is 0 Å². The van der Waals surface area contributed by atoms with Gasteiger partial charge in [-0.25, -0.2) is 0 Å². The number of carbonyl (C=O) groups is 1. The molecular weight excluding hydrogens is 186 g/mol. The van der Waals surface area contributed by atoms with Gasteiger partial charge < -0.3 is 0 Å². The zero-order valence-corrected chi connectivity index (χ0v) is 10.0. The summed E-state index contributed by atoms with van der Waals surface area (Å²) in [6.07, 6.45) is 5.04. The molecule has 0 bridgehead atoms. The summed E-state index contributed by atoms with van der Waals surface area (Å²) in [6, 6.07) is 1.98. The quantitative estimate of drug-likeness (QED) is 0.759. The molecule has 1 rings (SSSR count). The highest BCUT2D eigenvalue weighted by molar-refractivity contribution is 5.83. The van der Waals surface area contributed by atoms with Crippen molar-refractivity contribution in [3.8, 4) is 0 Å². The lowest BCUT2D eigenvalue weighted by atomic mass is 9.87. The third-order valence-corrected chi connectivity index (χ3v) is 2.61. The van der Waals surface area contributed by atoms with Crippen molar-refractivity contribution in [2.75, 3.05) is 0 Å². The summed E-state index contributed by atoms with van der Waals surface area (Å²) < 4.78 is 0. The molecule has 0 aliphatic rings. The number of aryl methyl sites for hydroxylation is 2. The molecule has 0 aromatic carbocycles. The highest BCUT2D eigenvalue weighted by atomic mass is 16.1. The fourth-order valence-electron chi connectivity index (χ4n) is 1.38. The summed E-state index contributed by atoms with van der Waals surface area (Å²) in [7, 11) is 0. The van der Waals surface area contributed by atoms with Crippen molar-refractivity contribution in [2.45, 2.75) is 40.5 Å². The molecule has 82 valence electrons. The Bertz CT molecular complexity index is 350. The zero-order valence-electron chi connectivity index (χ0n) is 10.0. The monoisotopic (exact) mass is 205 g/mol. The first-order valence-corrected chi connectivity index (χ1v) is 5.34. The van der Waals surface area contributed by atoms with E-state index in [1.54, 1.807) is 6.20 Å². The van der Waals surface area contributed by atoms with Crippen LogP contribution in [0.25, 0.3) is 0 Å². The minimum absolute atomic E-state index is 0.226. The predicted octanol–water partition coefficient (Wildman–Crippen LogP) is 2.94. The van der Waals surface area contributed by atoms with E-state index in [-0.39, 0.29) is 5.41 Å². The van der Waals surface area contributed by atoms with Gasteiger partial charge in [0.25, 0.3) is 0 Å². The third kappa shape index (κ3) is 3.46. The zero-order chi connectivity index (χ0) is 11.5. The van der Waals surface area contributed by atoms with Crippen molar-refractivity contribution < 1.29 is 4.79 Å². The highest BCUT2D eigenvalue weighted by Gasteiger charge is 2.20. The molecule has 1 heterocycles. The Hall–Kier alpha value is -1.18. The molecule has 0 spiro atoms. The Morgan fingerprint density at radius 3 is 2.60 bits per heavy atom. The molecule has 1 aromatic rings. The minimum atomic E-state index is -0.226. The fraction of sp³-hybridized carbons (Fsp3) is 0.538. The van der Waals surface area contributed by atoms with Gasteiger partial charge in [-0.1, -0.05) is 20.8 Å². The van der Waals surface area contributed by atoms with Gasteiger partial charge in [0.15, 0.2) is 0 Å². The molecular formula is C13H19NO. The highest BCUT2D eigenvalue weighted by Crippen LogP contribution is 2.18. The molecule has 0 fully saturated rings. The molecule has 2 nitrogen and oxygen atoms in total. The average Bonchev–Trinajstić information content (AvgIpc) is 2.14. The maximum absolute atomic E-state index is 11.7. The van der Waals surface area contributed by atoms with Crippen molar-refractivity contribution in [2.24, 2.45) is 5.41 Å². The van der Waals surface area contributed by atoms with E-state index in [1.807, 2.05) is 33.0 Å². The van der Waals surface area contributed by atoms with E-state index < -0.39 is 0 Å². The number of aromatic nitrogens is 1. The number of hydrogen-bond acceptors (Lipinski definition) is 2. The molecule has 15 heavy (non-hydrogen) atoms. The van der Waals surface area contributed by atoms with E-state index in [2.05, 4.69) is 11.9 Å². The standard InChI is InChI=1S/C13H19NO/c1-10-7-8-14-9-11(10)5-6-12(15)13(2,3)4/h7-9H,5-6H2,1-4H3. The second-order valence-electron chi connectivity index (χ2n) is 4.98. The van der Waals surface area contributed by atoms with E-state index in [9.17, 15) is 4.79 Å². The molecule has 0 aliphatic heterocycles. The van der Waals surface area contributed by atoms with Crippen LogP contribution >= 0.6 is 0 Å². The van der Waals surface area contributed by atoms with Crippen LogP contribution in [-0.2, 0) is 11.2 Å². The normalized spacial score (nSPS) is 11.5. The van der Waals surface area contributed by atoms with Crippen LogP contribution in [0, 0.1) is 12.3 Å². The van der Waals surface area contributed by atoms with Gasteiger partial charge in [0.05, 0.1) is 0 Å². The van der Waals surface area contributed by atoms with Gasteiger partial charge in [0, 0.05) is 24.2 Å². The second kappa shape index (κ2) is 4.56. The maximum atomic E-state index is 11.7. The average molecular weight is 205 g/mol. The van der Waals surface area contributed by atoms with Crippen LogP contribution in [0.1, 0.15) is 38.3 Å². The molecule has 1 aromatic heterocycles. The lowest BCUT2D eigenvalue weighted by Crippen LogP contribution is -2.20. The number of carbonyl (C=O) groups excluding carboxylic acids is 1. The first-order chi connectivity index (χ1) is 6.91. The molecule has 0 N–H and O–H groups in total. The van der Waals surface area contributed by atoms with Crippen molar-refractivity contribution in [3.63, 3.8) is 0 Å². The topological polar surface area (TPSA) is 30.0 Å². The third-order valence-electron chi connectivity index (χ3n) is 2.61. The number of pyridine rings is 1. The fourth-order valence-corrected chi connectivity index (χ4v) is 1.38. The molecule has 0 radical (unpaired) electrons. The Morgan fingerprint density at radius 1 is 1.40 bits per heavy atom. The summed E-state index contributed by atoms with van der Waals surface area (Å²) in [5, 5.41) is 0. The lowest BCUT2D eigenvalue weighted by Gasteiger charge is -2.16. The molecule has 0 unspecified atom stereocenters. The largest absolute Gasteiger partial charge is 0.299 e. The van der Waals surface area contributed by atoms with Crippen molar-refractivity contribution in [1.82, 2.24) is 4.98 Å². The smallest absolute Gasteiger partial charge is 0.138 e. The first-order valence-electron chi connectivity index (χ1n) is 5.34.